The Kier molecular flexibility index (Phi) is 5.03. The van der Waals surface area contributed by atoms with Gasteiger partial charge in [0.2, 0.25) is 0 Å². The van der Waals surface area contributed by atoms with Crippen molar-refractivity contribution in [3.05, 3.63) is 84.6 Å². The SMILES string of the molecule is COc1c(C(=O)Nc2cccc(Oc3ccnc4ccccc34)c2)ccnc1F. The molecule has 0 aliphatic carbocycles. The van der Waals surface area contributed by atoms with Gasteiger partial charge in [0.25, 0.3) is 11.9 Å². The van der Waals surface area contributed by atoms with Gasteiger partial charge in [-0.25, -0.2) is 4.98 Å². The number of hydrogen-bond acceptors (Lipinski definition) is 5. The lowest BCUT2D eigenvalue weighted by Crippen LogP contribution is -2.14. The number of pyridine rings is 2. The number of benzene rings is 2. The van der Waals surface area contributed by atoms with E-state index in [9.17, 15) is 9.18 Å². The predicted molar refractivity (Wildman–Crippen MR) is 107 cm³/mol. The number of nitrogens with zero attached hydrogens (tertiary/aromatic N) is 2. The highest BCUT2D eigenvalue weighted by Gasteiger charge is 2.17. The summed E-state index contributed by atoms with van der Waals surface area (Å²) in [5.41, 5.74) is 1.36. The average molecular weight is 389 g/mol. The van der Waals surface area contributed by atoms with Gasteiger partial charge < -0.3 is 14.8 Å². The summed E-state index contributed by atoms with van der Waals surface area (Å²) in [6, 6.07) is 17.7. The van der Waals surface area contributed by atoms with E-state index in [1.54, 1.807) is 36.5 Å². The Morgan fingerprint density at radius 1 is 1.00 bits per heavy atom. The molecule has 0 fully saturated rings. The van der Waals surface area contributed by atoms with Crippen LogP contribution in [0.3, 0.4) is 0 Å². The first-order valence-electron chi connectivity index (χ1n) is 8.77. The minimum absolute atomic E-state index is 0.0476. The van der Waals surface area contributed by atoms with Crippen molar-refractivity contribution in [2.45, 2.75) is 0 Å². The molecule has 144 valence electrons. The molecule has 0 spiro atoms. The van der Waals surface area contributed by atoms with Crippen LogP contribution in [0.4, 0.5) is 10.1 Å². The molecule has 0 unspecified atom stereocenters. The number of anilines is 1. The summed E-state index contributed by atoms with van der Waals surface area (Å²) in [5.74, 6) is -0.388. The first-order valence-corrected chi connectivity index (χ1v) is 8.77. The highest BCUT2D eigenvalue weighted by atomic mass is 19.1. The van der Waals surface area contributed by atoms with Gasteiger partial charge in [-0.3, -0.25) is 9.78 Å². The fourth-order valence-electron chi connectivity index (χ4n) is 2.92. The fraction of sp³-hybridized carbons (Fsp3) is 0.0455. The molecule has 0 saturated carbocycles. The highest BCUT2D eigenvalue weighted by molar-refractivity contribution is 6.06. The molecule has 2 aromatic carbocycles. The highest BCUT2D eigenvalue weighted by Crippen LogP contribution is 2.30. The lowest BCUT2D eigenvalue weighted by atomic mass is 10.2. The van der Waals surface area contributed by atoms with E-state index in [1.807, 2.05) is 24.3 Å². The van der Waals surface area contributed by atoms with Crippen LogP contribution in [0.25, 0.3) is 10.9 Å². The number of para-hydroxylation sites is 1. The smallest absolute Gasteiger partial charge is 0.259 e. The van der Waals surface area contributed by atoms with E-state index in [-0.39, 0.29) is 11.3 Å². The molecule has 1 N–H and O–H groups in total. The molecule has 0 saturated heterocycles. The molecule has 0 atom stereocenters. The number of amides is 1. The Hall–Kier alpha value is -4.00. The number of nitrogens with one attached hydrogen (secondary N) is 1. The van der Waals surface area contributed by atoms with Gasteiger partial charge in [-0.15, -0.1) is 0 Å². The van der Waals surface area contributed by atoms with E-state index >= 15 is 0 Å². The Labute approximate surface area is 166 Å². The Morgan fingerprint density at radius 3 is 2.69 bits per heavy atom. The molecule has 29 heavy (non-hydrogen) atoms. The van der Waals surface area contributed by atoms with Crippen LogP contribution in [0, 0.1) is 5.95 Å². The molecule has 2 aromatic heterocycles. The van der Waals surface area contributed by atoms with E-state index < -0.39 is 11.9 Å². The third-order valence-electron chi connectivity index (χ3n) is 4.24. The molecule has 0 radical (unpaired) electrons. The fourth-order valence-corrected chi connectivity index (χ4v) is 2.92. The van der Waals surface area contributed by atoms with Crippen LogP contribution < -0.4 is 14.8 Å². The first kappa shape index (κ1) is 18.4. The maximum Gasteiger partial charge on any atom is 0.259 e. The van der Waals surface area contributed by atoms with Crippen molar-refractivity contribution in [2.75, 3.05) is 12.4 Å². The molecular formula is C22H16FN3O3. The zero-order valence-electron chi connectivity index (χ0n) is 15.4. The van der Waals surface area contributed by atoms with E-state index in [4.69, 9.17) is 9.47 Å². The van der Waals surface area contributed by atoms with Crippen molar-refractivity contribution in [3.63, 3.8) is 0 Å². The van der Waals surface area contributed by atoms with Crippen LogP contribution in [0.5, 0.6) is 17.2 Å². The summed E-state index contributed by atoms with van der Waals surface area (Å²) >= 11 is 0. The molecule has 2 heterocycles. The van der Waals surface area contributed by atoms with Crippen molar-refractivity contribution in [1.29, 1.82) is 0 Å². The Bertz CT molecular complexity index is 1190. The normalized spacial score (nSPS) is 10.6. The number of ether oxygens (including phenoxy) is 2. The molecule has 7 heteroatoms. The zero-order chi connectivity index (χ0) is 20.2. The monoisotopic (exact) mass is 389 g/mol. The number of rotatable bonds is 5. The third-order valence-corrected chi connectivity index (χ3v) is 4.24. The van der Waals surface area contributed by atoms with Gasteiger partial charge >= 0.3 is 0 Å². The van der Waals surface area contributed by atoms with Crippen molar-refractivity contribution in [2.24, 2.45) is 0 Å². The first-order chi connectivity index (χ1) is 14.2. The van der Waals surface area contributed by atoms with Crippen LogP contribution in [-0.4, -0.2) is 23.0 Å². The lowest BCUT2D eigenvalue weighted by molar-refractivity contribution is 0.102. The van der Waals surface area contributed by atoms with E-state index in [1.165, 1.54) is 19.4 Å². The van der Waals surface area contributed by atoms with Gasteiger partial charge in [0.1, 0.15) is 11.5 Å². The molecule has 1 amide bonds. The lowest BCUT2D eigenvalue weighted by Gasteiger charge is -2.12. The number of fused-ring (bicyclic) bond motifs is 1. The van der Waals surface area contributed by atoms with Crippen molar-refractivity contribution >= 4 is 22.5 Å². The number of aromatic nitrogens is 2. The average Bonchev–Trinajstić information content (AvgIpc) is 2.74. The quantitative estimate of drug-likeness (QED) is 0.495. The van der Waals surface area contributed by atoms with E-state index in [0.29, 0.717) is 17.2 Å². The minimum atomic E-state index is -0.846. The summed E-state index contributed by atoms with van der Waals surface area (Å²) in [4.78, 5) is 20.4. The van der Waals surface area contributed by atoms with Crippen LogP contribution in [0.2, 0.25) is 0 Å². The molecule has 4 aromatic rings. The molecule has 6 nitrogen and oxygen atoms in total. The summed E-state index contributed by atoms with van der Waals surface area (Å²) in [6.45, 7) is 0. The van der Waals surface area contributed by atoms with Crippen LogP contribution >= 0.6 is 0 Å². The predicted octanol–water partition coefficient (Wildman–Crippen LogP) is 4.82. The Morgan fingerprint density at radius 2 is 1.83 bits per heavy atom. The second-order valence-electron chi connectivity index (χ2n) is 6.09. The Balaban J connectivity index is 1.58. The molecule has 4 rings (SSSR count). The zero-order valence-corrected chi connectivity index (χ0v) is 15.4. The van der Waals surface area contributed by atoms with Gasteiger partial charge in [-0.2, -0.15) is 4.39 Å². The van der Waals surface area contributed by atoms with Gasteiger partial charge in [0, 0.05) is 29.5 Å². The van der Waals surface area contributed by atoms with Gasteiger partial charge in [0.15, 0.2) is 5.75 Å². The number of hydrogen-bond donors (Lipinski definition) is 1. The van der Waals surface area contributed by atoms with E-state index in [0.717, 1.165) is 10.9 Å². The minimum Gasteiger partial charge on any atom is -0.491 e. The second-order valence-corrected chi connectivity index (χ2v) is 6.09. The van der Waals surface area contributed by atoms with E-state index in [2.05, 4.69) is 15.3 Å². The van der Waals surface area contributed by atoms with Crippen LogP contribution in [0.15, 0.2) is 73.1 Å². The molecule has 0 bridgehead atoms. The maximum absolute atomic E-state index is 13.7. The molecule has 0 aliphatic rings. The summed E-state index contributed by atoms with van der Waals surface area (Å²) in [7, 11) is 1.28. The third kappa shape index (κ3) is 3.84. The van der Waals surface area contributed by atoms with Crippen LogP contribution in [0.1, 0.15) is 10.4 Å². The largest absolute Gasteiger partial charge is 0.491 e. The summed E-state index contributed by atoms with van der Waals surface area (Å²) < 4.78 is 24.7. The van der Waals surface area contributed by atoms with Gasteiger partial charge in [0.05, 0.1) is 18.2 Å². The summed E-state index contributed by atoms with van der Waals surface area (Å²) in [5, 5.41) is 3.59. The standard InChI is InChI=1S/C22H16FN3O3/c1-28-20-17(9-11-25-21(20)23)22(27)26-14-5-4-6-15(13-14)29-19-10-12-24-18-8-3-2-7-16(18)19/h2-13H,1H3,(H,26,27). The van der Waals surface area contributed by atoms with Crippen molar-refractivity contribution in [1.82, 2.24) is 9.97 Å². The number of carbonyl (C=O) groups excluding carboxylic acids is 1. The number of carbonyl (C=O) groups is 1. The van der Waals surface area contributed by atoms with Crippen molar-refractivity contribution in [3.8, 4) is 17.2 Å². The van der Waals surface area contributed by atoms with Crippen LogP contribution in [-0.2, 0) is 0 Å². The van der Waals surface area contributed by atoms with Gasteiger partial charge in [-0.05, 0) is 36.4 Å². The van der Waals surface area contributed by atoms with Gasteiger partial charge in [-0.1, -0.05) is 18.2 Å². The number of methoxy groups -OCH3 is 1. The maximum atomic E-state index is 13.7. The number of halogens is 1. The topological polar surface area (TPSA) is 73.3 Å². The summed E-state index contributed by atoms with van der Waals surface area (Å²) in [6.07, 6.45) is 2.88. The van der Waals surface area contributed by atoms with Crippen molar-refractivity contribution < 1.29 is 18.7 Å². The molecule has 0 aliphatic heterocycles. The molecular weight excluding hydrogens is 373 g/mol. The second kappa shape index (κ2) is 7.93.